The zero-order chi connectivity index (χ0) is 36.2. The van der Waals surface area contributed by atoms with Crippen LogP contribution in [0.4, 0.5) is 0 Å². The molecule has 0 heterocycles. The van der Waals surface area contributed by atoms with Crippen molar-refractivity contribution >= 4 is 66.6 Å². The Hall–Kier alpha value is -4.32. The second-order valence-corrected chi connectivity index (χ2v) is 16.8. The summed E-state index contributed by atoms with van der Waals surface area (Å²) in [5.74, 6) is 11.3. The molecule has 6 rings (SSSR count). The fourth-order valence-corrected chi connectivity index (χ4v) is 11.1. The zero-order valence-corrected chi connectivity index (χ0v) is 30.0. The van der Waals surface area contributed by atoms with Gasteiger partial charge in [0.25, 0.3) is 20.2 Å². The van der Waals surface area contributed by atoms with Gasteiger partial charge in [-0.05, 0) is 58.0 Å². The zero-order valence-electron chi connectivity index (χ0n) is 26.7. The molecule has 0 saturated heterocycles. The lowest BCUT2D eigenvalue weighted by molar-refractivity contribution is 0.443. The summed E-state index contributed by atoms with van der Waals surface area (Å²) in [7, 11) is -9.76. The Kier molecular flexibility index (Phi) is 9.07. The molecule has 0 aromatic heterocycles. The summed E-state index contributed by atoms with van der Waals surface area (Å²) in [6, 6.07) is 23.2. The normalized spacial score (nSPS) is 22.4. The van der Waals surface area contributed by atoms with Gasteiger partial charge in [-0.1, -0.05) is 72.8 Å². The number of thioether (sulfide) groups is 2. The Morgan fingerprint density at radius 1 is 0.620 bits per heavy atom. The highest BCUT2D eigenvalue weighted by Gasteiger charge is 2.54. The van der Waals surface area contributed by atoms with Crippen molar-refractivity contribution in [3.63, 3.8) is 0 Å². The molecule has 0 aliphatic heterocycles. The van der Waals surface area contributed by atoms with Crippen molar-refractivity contribution in [3.05, 3.63) is 118 Å². The van der Waals surface area contributed by atoms with Crippen molar-refractivity contribution in [2.24, 2.45) is 21.9 Å². The molecule has 8 N–H and O–H groups in total. The van der Waals surface area contributed by atoms with Crippen LogP contribution in [-0.4, -0.2) is 61.3 Å². The molecule has 4 aromatic rings. The van der Waals surface area contributed by atoms with Crippen molar-refractivity contribution < 1.29 is 25.9 Å². The quantitative estimate of drug-likeness (QED) is 0.0623. The summed E-state index contributed by atoms with van der Waals surface area (Å²) in [6.07, 6.45) is 2.83. The first kappa shape index (κ1) is 35.5. The first-order valence-electron chi connectivity index (χ1n) is 14.9. The van der Waals surface area contributed by atoms with Crippen molar-refractivity contribution in [2.45, 2.75) is 32.1 Å². The van der Waals surface area contributed by atoms with E-state index in [1.807, 2.05) is 0 Å². The van der Waals surface area contributed by atoms with E-state index < -0.39 is 29.7 Å². The molecule has 2 unspecified atom stereocenters. The number of nitrogens with two attached hydrogens (primary N) is 2. The van der Waals surface area contributed by atoms with E-state index in [0.29, 0.717) is 20.9 Å². The SMILES string of the molecule is CSc1cc(-c2ccc(C3(S(=O)(=O)O)CC(=NN)C(=N)c4ccccc43)c(SC)c2)ccc1C1(S(=O)(=O)O)CC(=NN)C(=N)c2ccccc21. The predicted octanol–water partition coefficient (Wildman–Crippen LogP) is 5.23. The minimum atomic E-state index is -4.88. The highest BCUT2D eigenvalue weighted by molar-refractivity contribution is 7.99. The van der Waals surface area contributed by atoms with Gasteiger partial charge in [0.15, 0.2) is 9.49 Å². The molecule has 0 saturated carbocycles. The fraction of sp³-hybridized carbons (Fsp3) is 0.176. The molecule has 16 heteroatoms. The first-order valence-corrected chi connectivity index (χ1v) is 20.3. The number of hydrazone groups is 2. The lowest BCUT2D eigenvalue weighted by Gasteiger charge is -2.38. The largest absolute Gasteiger partial charge is 0.323 e. The Bertz CT molecular complexity index is 2230. The van der Waals surface area contributed by atoms with Gasteiger partial charge in [0, 0.05) is 33.8 Å². The van der Waals surface area contributed by atoms with E-state index in [1.54, 1.807) is 97.4 Å². The van der Waals surface area contributed by atoms with Gasteiger partial charge in [0.1, 0.15) is 0 Å². The maximum absolute atomic E-state index is 13.5. The molecule has 0 spiro atoms. The van der Waals surface area contributed by atoms with Crippen LogP contribution in [0, 0.1) is 10.8 Å². The summed E-state index contributed by atoms with van der Waals surface area (Å²) in [5.41, 5.74) is 2.88. The Morgan fingerprint density at radius 2 is 0.980 bits per heavy atom. The summed E-state index contributed by atoms with van der Waals surface area (Å²) >= 11 is 2.54. The minimum Gasteiger partial charge on any atom is -0.323 e. The Labute approximate surface area is 298 Å². The fourth-order valence-electron chi connectivity index (χ4n) is 7.10. The molecular formula is C34H32N6O6S4. The molecule has 2 aliphatic carbocycles. The van der Waals surface area contributed by atoms with Gasteiger partial charge in [-0.25, -0.2) is 0 Å². The molecule has 4 aromatic carbocycles. The number of rotatable bonds is 7. The van der Waals surface area contributed by atoms with E-state index in [0.717, 1.165) is 0 Å². The van der Waals surface area contributed by atoms with Crippen LogP contribution in [0.15, 0.2) is 105 Å². The van der Waals surface area contributed by atoms with E-state index >= 15 is 0 Å². The van der Waals surface area contributed by atoms with Gasteiger partial charge < -0.3 is 11.7 Å². The molecular weight excluding hydrogens is 717 g/mol. The highest BCUT2D eigenvalue weighted by Crippen LogP contribution is 2.51. The lowest BCUT2D eigenvalue weighted by Crippen LogP contribution is -2.46. The van der Waals surface area contributed by atoms with Crippen LogP contribution in [-0.2, 0) is 29.7 Å². The molecule has 2 aliphatic rings. The lowest BCUT2D eigenvalue weighted by atomic mass is 9.75. The number of nitrogens with one attached hydrogen (secondary N) is 2. The molecule has 12 nitrogen and oxygen atoms in total. The smallest absolute Gasteiger partial charge is 0.279 e. The average Bonchev–Trinajstić information content (AvgIpc) is 3.11. The van der Waals surface area contributed by atoms with E-state index in [1.165, 1.54) is 23.5 Å². The Morgan fingerprint density at radius 3 is 1.30 bits per heavy atom. The maximum atomic E-state index is 13.5. The van der Waals surface area contributed by atoms with Gasteiger partial charge in [0.2, 0.25) is 0 Å². The van der Waals surface area contributed by atoms with Gasteiger partial charge in [-0.3, -0.25) is 19.9 Å². The van der Waals surface area contributed by atoms with Crippen LogP contribution in [0.25, 0.3) is 11.1 Å². The molecule has 0 bridgehead atoms. The van der Waals surface area contributed by atoms with Crippen LogP contribution in [0.1, 0.15) is 46.2 Å². The summed E-state index contributed by atoms with van der Waals surface area (Å²) in [4.78, 5) is 1.04. The predicted molar refractivity (Wildman–Crippen MR) is 199 cm³/mol. The van der Waals surface area contributed by atoms with Crippen molar-refractivity contribution in [3.8, 4) is 11.1 Å². The molecule has 258 valence electrons. The van der Waals surface area contributed by atoms with Crippen molar-refractivity contribution in [2.75, 3.05) is 12.5 Å². The number of nitrogens with zero attached hydrogens (tertiary/aromatic N) is 2. The van der Waals surface area contributed by atoms with Crippen molar-refractivity contribution in [1.29, 1.82) is 10.8 Å². The average molecular weight is 749 g/mol. The van der Waals surface area contributed by atoms with E-state index in [9.17, 15) is 25.9 Å². The summed E-state index contributed by atoms with van der Waals surface area (Å²) in [5, 5.41) is 24.6. The molecule has 0 amide bonds. The van der Waals surface area contributed by atoms with Crippen molar-refractivity contribution in [1.82, 2.24) is 0 Å². The number of hydrogen-bond donors (Lipinski definition) is 6. The second-order valence-electron chi connectivity index (χ2n) is 11.8. The second kappa shape index (κ2) is 12.8. The van der Waals surface area contributed by atoms with E-state index in [2.05, 4.69) is 10.2 Å². The third-order valence-corrected chi connectivity index (χ3v) is 14.0. The van der Waals surface area contributed by atoms with E-state index in [4.69, 9.17) is 22.5 Å². The van der Waals surface area contributed by atoms with E-state index in [-0.39, 0.29) is 69.1 Å². The number of fused-ring (bicyclic) bond motifs is 2. The highest BCUT2D eigenvalue weighted by atomic mass is 32.2. The number of hydrogen-bond acceptors (Lipinski definition) is 12. The first-order chi connectivity index (χ1) is 23.7. The summed E-state index contributed by atoms with van der Waals surface area (Å²) in [6.45, 7) is 0. The maximum Gasteiger partial charge on any atom is 0.279 e. The minimum absolute atomic E-state index is 0.0210. The van der Waals surface area contributed by atoms with Gasteiger partial charge >= 0.3 is 0 Å². The Balaban J connectivity index is 1.55. The monoisotopic (exact) mass is 748 g/mol. The third kappa shape index (κ3) is 5.20. The number of benzene rings is 4. The van der Waals surface area contributed by atoms with Crippen LogP contribution >= 0.6 is 23.5 Å². The molecule has 50 heavy (non-hydrogen) atoms. The van der Waals surface area contributed by atoms with Crippen LogP contribution < -0.4 is 11.7 Å². The molecule has 0 fully saturated rings. The van der Waals surface area contributed by atoms with Crippen LogP contribution in [0.2, 0.25) is 0 Å². The van der Waals surface area contributed by atoms with Gasteiger partial charge in [-0.15, -0.1) is 23.5 Å². The standard InChI is InChI=1S/C34H32N6O6S4/c1-47-29-15-19(11-13-25(29)33(49(41,42)43)17-27(39-37)31(35)21-7-3-5-9-23(21)33)20-12-14-26(30(16-20)48-2)34(50(44,45)46)18-28(40-38)32(36)22-8-4-6-10-24(22)34/h3-16,35-36H,17-18,37-38H2,1-2H3,(H,41,42,43)(H,44,45,46). The summed E-state index contributed by atoms with van der Waals surface area (Å²) < 4.78 is 71.7. The molecule has 0 radical (unpaired) electrons. The van der Waals surface area contributed by atoms with Crippen LogP contribution in [0.5, 0.6) is 0 Å². The van der Waals surface area contributed by atoms with Gasteiger partial charge in [0.05, 0.1) is 22.8 Å². The topological polar surface area (TPSA) is 233 Å². The third-order valence-electron chi connectivity index (χ3n) is 9.47. The van der Waals surface area contributed by atoms with Gasteiger partial charge in [-0.2, -0.15) is 27.0 Å². The van der Waals surface area contributed by atoms with Crippen LogP contribution in [0.3, 0.4) is 0 Å². The molecule has 2 atom stereocenters.